The average Bonchev–Trinajstić information content (AvgIpc) is 3.16. The zero-order valence-electron chi connectivity index (χ0n) is 16.2. The van der Waals surface area contributed by atoms with Crippen molar-refractivity contribution in [1.29, 1.82) is 5.26 Å². The number of anilines is 2. The van der Waals surface area contributed by atoms with Gasteiger partial charge in [-0.3, -0.25) is 0 Å². The number of rotatable bonds is 5. The second-order valence-corrected chi connectivity index (χ2v) is 8.31. The highest BCUT2D eigenvalue weighted by Gasteiger charge is 2.25. The highest BCUT2D eigenvalue weighted by molar-refractivity contribution is 6.30. The van der Waals surface area contributed by atoms with E-state index in [0.29, 0.717) is 11.6 Å². The van der Waals surface area contributed by atoms with Crippen molar-refractivity contribution in [3.8, 4) is 6.07 Å². The first-order chi connectivity index (χ1) is 13.7. The van der Waals surface area contributed by atoms with Crippen molar-refractivity contribution in [1.82, 2.24) is 4.98 Å². The number of aromatic nitrogens is 1. The van der Waals surface area contributed by atoms with Crippen LogP contribution in [0.5, 0.6) is 0 Å². The van der Waals surface area contributed by atoms with E-state index in [1.165, 1.54) is 32.1 Å². The van der Waals surface area contributed by atoms with Crippen LogP contribution in [-0.2, 0) is 6.42 Å². The van der Waals surface area contributed by atoms with E-state index in [4.69, 9.17) is 16.0 Å². The van der Waals surface area contributed by atoms with E-state index in [0.717, 1.165) is 61.5 Å². The first kappa shape index (κ1) is 19.1. The number of nitrogens with zero attached hydrogens (tertiary/aromatic N) is 4. The van der Waals surface area contributed by atoms with Gasteiger partial charge in [0.1, 0.15) is 6.07 Å². The van der Waals surface area contributed by atoms with Gasteiger partial charge in [0.15, 0.2) is 5.89 Å². The van der Waals surface area contributed by atoms with Crippen molar-refractivity contribution in [2.24, 2.45) is 5.92 Å². The minimum absolute atomic E-state index is 0.426. The molecule has 0 atom stereocenters. The molecule has 6 heteroatoms. The van der Waals surface area contributed by atoms with Gasteiger partial charge < -0.3 is 14.2 Å². The number of oxazole rings is 1. The minimum atomic E-state index is 0.426. The second-order valence-electron chi connectivity index (χ2n) is 7.87. The Hall–Kier alpha value is -2.19. The van der Waals surface area contributed by atoms with E-state index in [2.05, 4.69) is 26.9 Å². The molecule has 1 aliphatic carbocycles. The summed E-state index contributed by atoms with van der Waals surface area (Å²) in [5.41, 5.74) is 1.56. The maximum absolute atomic E-state index is 9.52. The van der Waals surface area contributed by atoms with E-state index in [9.17, 15) is 5.26 Å². The molecule has 2 heterocycles. The summed E-state index contributed by atoms with van der Waals surface area (Å²) in [6.45, 7) is 3.34. The lowest BCUT2D eigenvalue weighted by Gasteiger charge is -2.36. The summed E-state index contributed by atoms with van der Waals surface area (Å²) in [6.07, 6.45) is 8.67. The molecule has 1 saturated heterocycles. The van der Waals surface area contributed by atoms with Crippen LogP contribution in [0.2, 0.25) is 5.02 Å². The number of piperazine rings is 1. The molecule has 0 radical (unpaired) electrons. The Bertz CT molecular complexity index is 829. The molecule has 0 spiro atoms. The first-order valence-corrected chi connectivity index (χ1v) is 10.8. The number of benzene rings is 1. The molecule has 0 unspecified atom stereocenters. The predicted octanol–water partition coefficient (Wildman–Crippen LogP) is 5.04. The molecule has 28 heavy (non-hydrogen) atoms. The van der Waals surface area contributed by atoms with Gasteiger partial charge in [0.05, 0.1) is 0 Å². The van der Waals surface area contributed by atoms with Gasteiger partial charge in [0, 0.05) is 43.3 Å². The van der Waals surface area contributed by atoms with Crippen LogP contribution in [0.25, 0.3) is 0 Å². The van der Waals surface area contributed by atoms with Gasteiger partial charge >= 0.3 is 0 Å². The third kappa shape index (κ3) is 4.44. The molecule has 0 bridgehead atoms. The summed E-state index contributed by atoms with van der Waals surface area (Å²) in [5, 5.41) is 10.3. The van der Waals surface area contributed by atoms with Crippen molar-refractivity contribution in [3.63, 3.8) is 0 Å². The van der Waals surface area contributed by atoms with Crippen LogP contribution in [0.3, 0.4) is 0 Å². The zero-order valence-corrected chi connectivity index (χ0v) is 17.0. The smallest absolute Gasteiger partial charge is 0.234 e. The lowest BCUT2D eigenvalue weighted by molar-refractivity contribution is 0.328. The highest BCUT2D eigenvalue weighted by atomic mass is 35.5. The normalized spacial score (nSPS) is 18.3. The van der Waals surface area contributed by atoms with E-state index in [1.807, 2.05) is 18.2 Å². The van der Waals surface area contributed by atoms with Crippen molar-refractivity contribution in [3.05, 3.63) is 40.9 Å². The Morgan fingerprint density at radius 1 is 1.11 bits per heavy atom. The third-order valence-corrected chi connectivity index (χ3v) is 6.23. The molecule has 2 aliphatic rings. The van der Waals surface area contributed by atoms with Crippen LogP contribution in [-0.4, -0.2) is 31.2 Å². The summed E-state index contributed by atoms with van der Waals surface area (Å²) in [6, 6.07) is 10.2. The molecule has 148 valence electrons. The number of nitriles is 1. The topological polar surface area (TPSA) is 56.3 Å². The van der Waals surface area contributed by atoms with Gasteiger partial charge in [-0.2, -0.15) is 5.26 Å². The van der Waals surface area contributed by atoms with Crippen LogP contribution in [0.4, 0.5) is 11.6 Å². The summed E-state index contributed by atoms with van der Waals surface area (Å²) in [5.74, 6) is 2.15. The molecule has 1 aliphatic heterocycles. The van der Waals surface area contributed by atoms with Crippen molar-refractivity contribution in [2.75, 3.05) is 36.0 Å². The Morgan fingerprint density at radius 2 is 1.86 bits per heavy atom. The molecular formula is C22H27ClN4O. The Labute approximate surface area is 171 Å². The van der Waals surface area contributed by atoms with Crippen LogP contribution in [0.1, 0.15) is 50.1 Å². The van der Waals surface area contributed by atoms with Crippen LogP contribution in [0, 0.1) is 17.2 Å². The summed E-state index contributed by atoms with van der Waals surface area (Å²) in [4.78, 5) is 8.94. The highest BCUT2D eigenvalue weighted by Crippen LogP contribution is 2.30. The number of aryl methyl sites for hydroxylation is 1. The summed E-state index contributed by atoms with van der Waals surface area (Å²) >= 11 is 6.12. The van der Waals surface area contributed by atoms with Crippen molar-refractivity contribution in [2.45, 2.75) is 44.9 Å². The Kier molecular flexibility index (Phi) is 6.07. The van der Waals surface area contributed by atoms with Gasteiger partial charge in [0.2, 0.25) is 11.6 Å². The molecule has 5 nitrogen and oxygen atoms in total. The summed E-state index contributed by atoms with van der Waals surface area (Å²) < 4.78 is 6.05. The predicted molar refractivity (Wildman–Crippen MR) is 112 cm³/mol. The molecule has 0 amide bonds. The largest absolute Gasteiger partial charge is 0.424 e. The standard InChI is InChI=1S/C22H27ClN4O/c23-18-7-4-8-19(15-18)26-11-13-27(14-12-26)22-20(16-24)25-21(28-22)10-9-17-5-2-1-3-6-17/h4,7-8,15,17H,1-3,5-6,9-14H2. The molecule has 1 aromatic heterocycles. The van der Waals surface area contributed by atoms with Crippen LogP contribution < -0.4 is 9.80 Å². The lowest BCUT2D eigenvalue weighted by atomic mass is 9.86. The van der Waals surface area contributed by atoms with Gasteiger partial charge in [-0.1, -0.05) is 49.8 Å². The Morgan fingerprint density at radius 3 is 2.57 bits per heavy atom. The monoisotopic (exact) mass is 398 g/mol. The fourth-order valence-electron chi connectivity index (χ4n) is 4.39. The Balaban J connectivity index is 1.37. The van der Waals surface area contributed by atoms with Gasteiger partial charge in [0.25, 0.3) is 0 Å². The van der Waals surface area contributed by atoms with E-state index in [1.54, 1.807) is 0 Å². The van der Waals surface area contributed by atoms with Gasteiger partial charge in [-0.15, -0.1) is 0 Å². The molecule has 0 N–H and O–H groups in total. The van der Waals surface area contributed by atoms with Gasteiger partial charge in [-0.05, 0) is 30.5 Å². The number of halogens is 1. The quantitative estimate of drug-likeness (QED) is 0.706. The molecule has 4 rings (SSSR count). The summed E-state index contributed by atoms with van der Waals surface area (Å²) in [7, 11) is 0. The fraction of sp³-hybridized carbons (Fsp3) is 0.545. The van der Waals surface area contributed by atoms with Crippen molar-refractivity contribution < 1.29 is 4.42 Å². The van der Waals surface area contributed by atoms with Crippen LogP contribution in [0.15, 0.2) is 28.7 Å². The third-order valence-electron chi connectivity index (χ3n) is 5.99. The maximum Gasteiger partial charge on any atom is 0.234 e. The molecular weight excluding hydrogens is 372 g/mol. The molecule has 2 aromatic rings. The van der Waals surface area contributed by atoms with Gasteiger partial charge in [-0.25, -0.2) is 4.98 Å². The first-order valence-electron chi connectivity index (χ1n) is 10.4. The van der Waals surface area contributed by atoms with E-state index >= 15 is 0 Å². The lowest BCUT2D eigenvalue weighted by Crippen LogP contribution is -2.46. The minimum Gasteiger partial charge on any atom is -0.424 e. The van der Waals surface area contributed by atoms with Crippen molar-refractivity contribution >= 4 is 23.2 Å². The fourth-order valence-corrected chi connectivity index (χ4v) is 4.58. The SMILES string of the molecule is N#Cc1nc(CCC2CCCCC2)oc1N1CCN(c2cccc(Cl)c2)CC1. The van der Waals surface area contributed by atoms with E-state index in [-0.39, 0.29) is 0 Å². The molecule has 1 saturated carbocycles. The molecule has 1 aromatic carbocycles. The van der Waals surface area contributed by atoms with E-state index < -0.39 is 0 Å². The van der Waals surface area contributed by atoms with Crippen LogP contribution >= 0.6 is 11.6 Å². The maximum atomic E-state index is 9.52. The average molecular weight is 399 g/mol. The zero-order chi connectivity index (χ0) is 19.3. The molecule has 2 fully saturated rings. The number of hydrogen-bond donors (Lipinski definition) is 0. The number of hydrogen-bond acceptors (Lipinski definition) is 5. The second kappa shape index (κ2) is 8.87.